The van der Waals surface area contributed by atoms with Crippen molar-refractivity contribution in [3.8, 4) is 5.75 Å². The standard InChI is InChI=1S/C15H23NO2/c1-12-3-4-15(9-13(12)2)18-8-7-16-6-5-14(10-16)11-17/h3-4,9,14,17H,5-8,10-11H2,1-2H3. The normalized spacial score (nSPS) is 20.3. The van der Waals surface area contributed by atoms with Gasteiger partial charge in [0.1, 0.15) is 12.4 Å². The molecule has 1 atom stereocenters. The predicted octanol–water partition coefficient (Wildman–Crippen LogP) is 2.00. The van der Waals surface area contributed by atoms with Gasteiger partial charge >= 0.3 is 0 Å². The van der Waals surface area contributed by atoms with E-state index < -0.39 is 0 Å². The molecule has 1 aliphatic rings. The van der Waals surface area contributed by atoms with Crippen LogP contribution in [0.1, 0.15) is 17.5 Å². The molecule has 0 radical (unpaired) electrons. The van der Waals surface area contributed by atoms with E-state index in [-0.39, 0.29) is 0 Å². The van der Waals surface area contributed by atoms with Crippen LogP contribution in [-0.4, -0.2) is 42.9 Å². The number of aryl methyl sites for hydroxylation is 2. The Labute approximate surface area is 109 Å². The molecule has 1 saturated heterocycles. The Bertz CT molecular complexity index is 392. The fraction of sp³-hybridized carbons (Fsp3) is 0.600. The van der Waals surface area contributed by atoms with Gasteiger partial charge in [-0.25, -0.2) is 0 Å². The van der Waals surface area contributed by atoms with Crippen LogP contribution in [0.2, 0.25) is 0 Å². The first-order chi connectivity index (χ1) is 8.69. The molecule has 1 heterocycles. The molecule has 0 aliphatic carbocycles. The summed E-state index contributed by atoms with van der Waals surface area (Å²) < 4.78 is 5.77. The SMILES string of the molecule is Cc1ccc(OCCN2CCC(CO)C2)cc1C. The summed E-state index contributed by atoms with van der Waals surface area (Å²) in [6, 6.07) is 6.22. The molecule has 0 bridgehead atoms. The Hall–Kier alpha value is -1.06. The van der Waals surface area contributed by atoms with E-state index in [9.17, 15) is 0 Å². The lowest BCUT2D eigenvalue weighted by atomic mass is 10.1. The molecular weight excluding hydrogens is 226 g/mol. The van der Waals surface area contributed by atoms with Crippen molar-refractivity contribution in [2.24, 2.45) is 5.92 Å². The molecular formula is C15H23NO2. The minimum atomic E-state index is 0.314. The maximum Gasteiger partial charge on any atom is 0.119 e. The number of ether oxygens (including phenoxy) is 1. The number of hydrogen-bond acceptors (Lipinski definition) is 3. The van der Waals surface area contributed by atoms with Crippen LogP contribution < -0.4 is 4.74 Å². The van der Waals surface area contributed by atoms with Crippen molar-refractivity contribution in [1.29, 1.82) is 0 Å². The maximum atomic E-state index is 9.09. The lowest BCUT2D eigenvalue weighted by molar-refractivity contribution is 0.204. The highest BCUT2D eigenvalue weighted by Crippen LogP contribution is 2.17. The summed E-state index contributed by atoms with van der Waals surface area (Å²) >= 11 is 0. The average Bonchev–Trinajstić information content (AvgIpc) is 2.82. The first kappa shape index (κ1) is 13.4. The van der Waals surface area contributed by atoms with Crippen LogP contribution in [0, 0.1) is 19.8 Å². The molecule has 1 unspecified atom stereocenters. The fourth-order valence-corrected chi connectivity index (χ4v) is 2.36. The number of nitrogens with zero attached hydrogens (tertiary/aromatic N) is 1. The Balaban J connectivity index is 1.73. The number of likely N-dealkylation sites (tertiary alicyclic amines) is 1. The Morgan fingerprint density at radius 3 is 2.83 bits per heavy atom. The first-order valence-corrected chi connectivity index (χ1v) is 6.72. The molecule has 0 amide bonds. The van der Waals surface area contributed by atoms with Gasteiger partial charge in [-0.1, -0.05) is 6.07 Å². The number of rotatable bonds is 5. The van der Waals surface area contributed by atoms with Crippen LogP contribution in [0.15, 0.2) is 18.2 Å². The van der Waals surface area contributed by atoms with Gasteiger partial charge in [-0.2, -0.15) is 0 Å². The minimum Gasteiger partial charge on any atom is -0.492 e. The van der Waals surface area contributed by atoms with Crippen molar-refractivity contribution in [2.75, 3.05) is 32.8 Å². The van der Waals surface area contributed by atoms with Gasteiger partial charge in [-0.15, -0.1) is 0 Å². The van der Waals surface area contributed by atoms with Crippen LogP contribution in [-0.2, 0) is 0 Å². The van der Waals surface area contributed by atoms with Crippen LogP contribution in [0.25, 0.3) is 0 Å². The summed E-state index contributed by atoms with van der Waals surface area (Å²) in [4.78, 5) is 2.36. The van der Waals surface area contributed by atoms with E-state index in [1.807, 2.05) is 6.07 Å². The zero-order valence-corrected chi connectivity index (χ0v) is 11.4. The van der Waals surface area contributed by atoms with Crippen molar-refractivity contribution in [2.45, 2.75) is 20.3 Å². The summed E-state index contributed by atoms with van der Waals surface area (Å²) in [5.74, 6) is 1.42. The zero-order chi connectivity index (χ0) is 13.0. The van der Waals surface area contributed by atoms with Crippen molar-refractivity contribution in [3.63, 3.8) is 0 Å². The highest BCUT2D eigenvalue weighted by molar-refractivity contribution is 5.33. The minimum absolute atomic E-state index is 0.314. The average molecular weight is 249 g/mol. The Morgan fingerprint density at radius 2 is 2.17 bits per heavy atom. The molecule has 1 aromatic carbocycles. The van der Waals surface area contributed by atoms with Crippen molar-refractivity contribution < 1.29 is 9.84 Å². The largest absolute Gasteiger partial charge is 0.492 e. The van der Waals surface area contributed by atoms with Crippen LogP contribution in [0.5, 0.6) is 5.75 Å². The molecule has 1 N–H and O–H groups in total. The summed E-state index contributed by atoms with van der Waals surface area (Å²) in [5, 5.41) is 9.09. The number of aliphatic hydroxyl groups is 1. The smallest absolute Gasteiger partial charge is 0.119 e. The van der Waals surface area contributed by atoms with E-state index in [0.29, 0.717) is 12.5 Å². The molecule has 0 spiro atoms. The Morgan fingerprint density at radius 1 is 1.33 bits per heavy atom. The third-order valence-corrected chi connectivity index (χ3v) is 3.78. The van der Waals surface area contributed by atoms with Crippen molar-refractivity contribution in [1.82, 2.24) is 4.90 Å². The summed E-state index contributed by atoms with van der Waals surface area (Å²) in [5.41, 5.74) is 2.57. The third kappa shape index (κ3) is 3.47. The van der Waals surface area contributed by atoms with Gasteiger partial charge in [0.05, 0.1) is 0 Å². The number of hydrogen-bond donors (Lipinski definition) is 1. The summed E-state index contributed by atoms with van der Waals surface area (Å²) in [7, 11) is 0. The van der Waals surface area contributed by atoms with Gasteiger partial charge in [0.15, 0.2) is 0 Å². The topological polar surface area (TPSA) is 32.7 Å². The molecule has 2 rings (SSSR count). The second kappa shape index (κ2) is 6.21. The third-order valence-electron chi connectivity index (χ3n) is 3.78. The first-order valence-electron chi connectivity index (χ1n) is 6.72. The highest BCUT2D eigenvalue weighted by Gasteiger charge is 2.21. The molecule has 3 heteroatoms. The highest BCUT2D eigenvalue weighted by atomic mass is 16.5. The van der Waals surface area contributed by atoms with E-state index >= 15 is 0 Å². The lowest BCUT2D eigenvalue weighted by Crippen LogP contribution is -2.26. The van der Waals surface area contributed by atoms with Gasteiger partial charge in [-0.05, 0) is 56.0 Å². The molecule has 18 heavy (non-hydrogen) atoms. The monoisotopic (exact) mass is 249 g/mol. The van der Waals surface area contributed by atoms with Crippen molar-refractivity contribution >= 4 is 0 Å². The van der Waals surface area contributed by atoms with E-state index in [2.05, 4.69) is 30.9 Å². The molecule has 1 aliphatic heterocycles. The van der Waals surface area contributed by atoms with Crippen LogP contribution >= 0.6 is 0 Å². The van der Waals surface area contributed by atoms with Crippen molar-refractivity contribution in [3.05, 3.63) is 29.3 Å². The molecule has 0 saturated carbocycles. The maximum absolute atomic E-state index is 9.09. The molecule has 100 valence electrons. The summed E-state index contributed by atoms with van der Waals surface area (Å²) in [6.45, 7) is 8.29. The summed E-state index contributed by atoms with van der Waals surface area (Å²) in [6.07, 6.45) is 1.11. The zero-order valence-electron chi connectivity index (χ0n) is 11.4. The quantitative estimate of drug-likeness (QED) is 0.866. The van der Waals surface area contributed by atoms with Gasteiger partial charge in [0, 0.05) is 19.7 Å². The van der Waals surface area contributed by atoms with E-state index in [1.54, 1.807) is 0 Å². The fourth-order valence-electron chi connectivity index (χ4n) is 2.36. The van der Waals surface area contributed by atoms with E-state index in [0.717, 1.165) is 38.4 Å². The Kier molecular flexibility index (Phi) is 4.61. The molecule has 1 fully saturated rings. The van der Waals surface area contributed by atoms with Gasteiger partial charge in [0.25, 0.3) is 0 Å². The van der Waals surface area contributed by atoms with Gasteiger partial charge in [-0.3, -0.25) is 4.90 Å². The van der Waals surface area contributed by atoms with E-state index in [1.165, 1.54) is 11.1 Å². The second-order valence-electron chi connectivity index (χ2n) is 5.23. The van der Waals surface area contributed by atoms with E-state index in [4.69, 9.17) is 9.84 Å². The molecule has 3 nitrogen and oxygen atoms in total. The van der Waals surface area contributed by atoms with Gasteiger partial charge < -0.3 is 9.84 Å². The van der Waals surface area contributed by atoms with Crippen LogP contribution in [0.3, 0.4) is 0 Å². The van der Waals surface area contributed by atoms with Gasteiger partial charge in [0.2, 0.25) is 0 Å². The predicted molar refractivity (Wildman–Crippen MR) is 73.0 cm³/mol. The molecule has 0 aromatic heterocycles. The molecule has 1 aromatic rings. The van der Waals surface area contributed by atoms with Crippen LogP contribution in [0.4, 0.5) is 0 Å². The number of benzene rings is 1. The second-order valence-corrected chi connectivity index (χ2v) is 5.23. The lowest BCUT2D eigenvalue weighted by Gasteiger charge is -2.16. The number of aliphatic hydroxyl groups excluding tert-OH is 1.